The van der Waals surface area contributed by atoms with Gasteiger partial charge in [-0.1, -0.05) is 29.8 Å². The van der Waals surface area contributed by atoms with Gasteiger partial charge in [-0.25, -0.2) is 15.0 Å². The second-order valence-corrected chi connectivity index (χ2v) is 8.62. The average molecular weight is 454 g/mol. The minimum Gasteiger partial charge on any atom is -0.355 e. The number of pyridine rings is 2. The fourth-order valence-electron chi connectivity index (χ4n) is 4.23. The van der Waals surface area contributed by atoms with E-state index in [9.17, 15) is 4.79 Å². The lowest BCUT2D eigenvalue weighted by molar-refractivity contribution is -0.120. The van der Waals surface area contributed by atoms with Crippen LogP contribution in [0.5, 0.6) is 0 Å². The molecule has 1 atom stereocenters. The van der Waals surface area contributed by atoms with Gasteiger partial charge >= 0.3 is 0 Å². The van der Waals surface area contributed by atoms with Crippen LogP contribution >= 0.6 is 0 Å². The number of anilines is 3. The van der Waals surface area contributed by atoms with Crippen molar-refractivity contribution in [2.75, 3.05) is 28.6 Å². The summed E-state index contributed by atoms with van der Waals surface area (Å²) in [6.45, 7) is 4.18. The highest BCUT2D eigenvalue weighted by atomic mass is 16.1. The van der Waals surface area contributed by atoms with Crippen molar-refractivity contribution < 1.29 is 4.79 Å². The van der Waals surface area contributed by atoms with Crippen molar-refractivity contribution in [3.8, 4) is 0 Å². The minimum atomic E-state index is -0.123. The Balaban J connectivity index is 1.30. The zero-order chi connectivity index (χ0) is 23.3. The average Bonchev–Trinajstić information content (AvgIpc) is 2.88. The molecule has 8 heteroatoms. The number of carbonyl (C=O) groups excluding carboxylic acids is 1. The number of nitrogens with one attached hydrogen (secondary N) is 2. The number of aryl methyl sites for hydroxylation is 1. The van der Waals surface area contributed by atoms with Gasteiger partial charge in [0.05, 0.1) is 28.7 Å². The summed E-state index contributed by atoms with van der Waals surface area (Å²) in [5.74, 6) is 1.29. The maximum absolute atomic E-state index is 12.8. The molecule has 172 valence electrons. The summed E-state index contributed by atoms with van der Waals surface area (Å²) in [6, 6.07) is 13.9. The Hall–Kier alpha value is -4.07. The highest BCUT2D eigenvalue weighted by Gasteiger charge is 2.27. The summed E-state index contributed by atoms with van der Waals surface area (Å²) in [4.78, 5) is 32.9. The second kappa shape index (κ2) is 9.82. The van der Waals surface area contributed by atoms with Crippen LogP contribution in [-0.4, -0.2) is 38.9 Å². The number of aromatic nitrogens is 4. The molecule has 0 aliphatic carbocycles. The van der Waals surface area contributed by atoms with E-state index >= 15 is 0 Å². The van der Waals surface area contributed by atoms with E-state index in [1.165, 1.54) is 11.1 Å². The van der Waals surface area contributed by atoms with E-state index in [1.807, 2.05) is 24.4 Å². The van der Waals surface area contributed by atoms with Crippen LogP contribution in [0.1, 0.15) is 24.0 Å². The van der Waals surface area contributed by atoms with Crippen LogP contribution in [0.4, 0.5) is 17.5 Å². The van der Waals surface area contributed by atoms with E-state index in [2.05, 4.69) is 61.7 Å². The summed E-state index contributed by atoms with van der Waals surface area (Å²) in [7, 11) is 0. The molecule has 1 aromatic carbocycles. The molecule has 4 heterocycles. The van der Waals surface area contributed by atoms with Crippen LogP contribution in [0.25, 0.3) is 10.9 Å². The fraction of sp³-hybridized carbons (Fsp3) is 0.269. The molecule has 0 radical (unpaired) electrons. The number of nitrogens with zero attached hydrogens (tertiary/aromatic N) is 5. The molecule has 3 aromatic heterocycles. The third-order valence-corrected chi connectivity index (χ3v) is 6.08. The van der Waals surface area contributed by atoms with Gasteiger partial charge in [0.25, 0.3) is 0 Å². The van der Waals surface area contributed by atoms with Crippen LogP contribution in [0, 0.1) is 12.8 Å². The monoisotopic (exact) mass is 453 g/mol. The van der Waals surface area contributed by atoms with Crippen molar-refractivity contribution in [2.45, 2.75) is 26.3 Å². The van der Waals surface area contributed by atoms with E-state index in [-0.39, 0.29) is 11.8 Å². The first-order valence-electron chi connectivity index (χ1n) is 11.5. The Morgan fingerprint density at radius 2 is 1.97 bits per heavy atom. The van der Waals surface area contributed by atoms with Gasteiger partial charge in [-0.05, 0) is 43.5 Å². The Morgan fingerprint density at radius 3 is 2.79 bits per heavy atom. The number of carbonyl (C=O) groups is 1. The number of hydrogen-bond donors (Lipinski definition) is 2. The number of piperidine rings is 1. The SMILES string of the molecule is Cc1ccc(CNc2ncc3c(N4CCCC(C(=O)Nc5cccnc5)C4)nccc3n2)cc1. The molecule has 0 bridgehead atoms. The largest absolute Gasteiger partial charge is 0.355 e. The highest BCUT2D eigenvalue weighted by molar-refractivity contribution is 5.94. The summed E-state index contributed by atoms with van der Waals surface area (Å²) in [5, 5.41) is 7.17. The van der Waals surface area contributed by atoms with Gasteiger partial charge in [0.1, 0.15) is 5.82 Å². The van der Waals surface area contributed by atoms with Gasteiger partial charge in [0.15, 0.2) is 0 Å². The zero-order valence-corrected chi connectivity index (χ0v) is 19.1. The molecular formula is C26H27N7O. The van der Waals surface area contributed by atoms with E-state index in [4.69, 9.17) is 4.98 Å². The molecule has 8 nitrogen and oxygen atoms in total. The molecule has 1 saturated heterocycles. The highest BCUT2D eigenvalue weighted by Crippen LogP contribution is 2.28. The van der Waals surface area contributed by atoms with E-state index < -0.39 is 0 Å². The number of fused-ring (bicyclic) bond motifs is 1. The fourth-order valence-corrected chi connectivity index (χ4v) is 4.23. The predicted molar refractivity (Wildman–Crippen MR) is 134 cm³/mol. The molecule has 1 aliphatic rings. The first kappa shape index (κ1) is 21.8. The molecule has 2 N–H and O–H groups in total. The number of hydrogen-bond acceptors (Lipinski definition) is 7. The van der Waals surface area contributed by atoms with Gasteiger partial charge in [-0.3, -0.25) is 9.78 Å². The Morgan fingerprint density at radius 1 is 1.09 bits per heavy atom. The smallest absolute Gasteiger partial charge is 0.229 e. The molecule has 1 fully saturated rings. The molecule has 4 aromatic rings. The van der Waals surface area contributed by atoms with Gasteiger partial charge in [0.2, 0.25) is 11.9 Å². The Bertz CT molecular complexity index is 1280. The van der Waals surface area contributed by atoms with Crippen LogP contribution in [0.3, 0.4) is 0 Å². The lowest BCUT2D eigenvalue weighted by Gasteiger charge is -2.33. The van der Waals surface area contributed by atoms with Crippen molar-refractivity contribution >= 4 is 34.3 Å². The lowest BCUT2D eigenvalue weighted by Crippen LogP contribution is -2.41. The summed E-state index contributed by atoms with van der Waals surface area (Å²) >= 11 is 0. The lowest BCUT2D eigenvalue weighted by atomic mass is 9.96. The number of rotatable bonds is 6. The molecular weight excluding hydrogens is 426 g/mol. The normalized spacial score (nSPS) is 15.8. The molecule has 34 heavy (non-hydrogen) atoms. The predicted octanol–water partition coefficient (Wildman–Crippen LogP) is 4.20. The van der Waals surface area contributed by atoms with Crippen molar-refractivity contribution in [1.29, 1.82) is 0 Å². The van der Waals surface area contributed by atoms with Crippen LogP contribution in [-0.2, 0) is 11.3 Å². The molecule has 0 saturated carbocycles. The van der Waals surface area contributed by atoms with Crippen molar-refractivity contribution in [2.24, 2.45) is 5.92 Å². The van der Waals surface area contributed by atoms with Crippen molar-refractivity contribution in [3.05, 3.63) is 78.4 Å². The molecule has 1 aliphatic heterocycles. The van der Waals surface area contributed by atoms with E-state index in [1.54, 1.807) is 18.6 Å². The molecule has 1 amide bonds. The standard InChI is InChI=1S/C26H27N7O/c1-18-6-8-19(9-7-18)14-29-26-30-16-22-23(32-26)10-12-28-24(22)33-13-3-4-20(17-33)25(34)31-21-5-2-11-27-15-21/h2,5-12,15-16,20H,3-4,13-14,17H2,1H3,(H,31,34)(H,29,30,32). The van der Waals surface area contributed by atoms with E-state index in [0.29, 0.717) is 24.7 Å². The molecule has 5 rings (SSSR count). The third kappa shape index (κ3) is 4.96. The van der Waals surface area contributed by atoms with Crippen LogP contribution < -0.4 is 15.5 Å². The van der Waals surface area contributed by atoms with Gasteiger partial charge in [0, 0.05) is 38.2 Å². The number of amides is 1. The van der Waals surface area contributed by atoms with Crippen LogP contribution in [0.15, 0.2) is 67.3 Å². The van der Waals surface area contributed by atoms with E-state index in [0.717, 1.165) is 36.1 Å². The van der Waals surface area contributed by atoms with Gasteiger partial charge in [-0.2, -0.15) is 0 Å². The van der Waals surface area contributed by atoms with Crippen LogP contribution in [0.2, 0.25) is 0 Å². The maximum atomic E-state index is 12.8. The van der Waals surface area contributed by atoms with Gasteiger partial charge < -0.3 is 15.5 Å². The summed E-state index contributed by atoms with van der Waals surface area (Å²) < 4.78 is 0. The van der Waals surface area contributed by atoms with Crippen molar-refractivity contribution in [3.63, 3.8) is 0 Å². The molecule has 1 unspecified atom stereocenters. The second-order valence-electron chi connectivity index (χ2n) is 8.62. The maximum Gasteiger partial charge on any atom is 0.229 e. The van der Waals surface area contributed by atoms with Gasteiger partial charge in [-0.15, -0.1) is 0 Å². The molecule has 0 spiro atoms. The summed E-state index contributed by atoms with van der Waals surface area (Å²) in [5.41, 5.74) is 3.95. The topological polar surface area (TPSA) is 95.9 Å². The minimum absolute atomic E-state index is 0.0109. The Kier molecular flexibility index (Phi) is 6.29. The first-order valence-corrected chi connectivity index (χ1v) is 11.5. The van der Waals surface area contributed by atoms with Crippen molar-refractivity contribution in [1.82, 2.24) is 19.9 Å². The Labute approximate surface area is 198 Å². The first-order chi connectivity index (χ1) is 16.7. The zero-order valence-electron chi connectivity index (χ0n) is 19.1. The third-order valence-electron chi connectivity index (χ3n) is 6.08. The summed E-state index contributed by atoms with van der Waals surface area (Å²) in [6.07, 6.45) is 8.70. The number of benzene rings is 1. The quantitative estimate of drug-likeness (QED) is 0.452.